The van der Waals surface area contributed by atoms with E-state index in [0.29, 0.717) is 12.5 Å². The van der Waals surface area contributed by atoms with Crippen molar-refractivity contribution in [1.82, 2.24) is 5.32 Å². The fourth-order valence-electron chi connectivity index (χ4n) is 1.16. The Morgan fingerprint density at radius 2 is 2.33 bits per heavy atom. The molecule has 5 heteroatoms. The van der Waals surface area contributed by atoms with E-state index >= 15 is 0 Å². The molecule has 0 spiro atoms. The first-order valence-electron chi connectivity index (χ1n) is 4.78. The molecule has 1 N–H and O–H groups in total. The van der Waals surface area contributed by atoms with Crippen molar-refractivity contribution in [1.29, 1.82) is 0 Å². The zero-order chi connectivity index (χ0) is 11.4. The van der Waals surface area contributed by atoms with Gasteiger partial charge in [0.1, 0.15) is 6.61 Å². The van der Waals surface area contributed by atoms with Gasteiger partial charge in [-0.15, -0.1) is 0 Å². The monoisotopic (exact) mass is 213 g/mol. The van der Waals surface area contributed by atoms with Gasteiger partial charge in [-0.3, -0.25) is 4.79 Å². The van der Waals surface area contributed by atoms with Crippen LogP contribution in [0.2, 0.25) is 0 Å². The van der Waals surface area contributed by atoms with Crippen LogP contribution in [0, 0.1) is 5.92 Å². The summed E-state index contributed by atoms with van der Waals surface area (Å²) in [6.07, 6.45) is 1.05. The van der Waals surface area contributed by atoms with Crippen LogP contribution < -0.4 is 5.32 Å². The highest BCUT2D eigenvalue weighted by Crippen LogP contribution is 2.12. The summed E-state index contributed by atoms with van der Waals surface area (Å²) in [6.45, 7) is 4.36. The second-order valence-corrected chi connectivity index (χ2v) is 3.67. The number of carbonyl (C=O) groups is 2. The van der Waals surface area contributed by atoms with E-state index in [1.807, 2.05) is 13.8 Å². The van der Waals surface area contributed by atoms with E-state index in [4.69, 9.17) is 4.74 Å². The maximum atomic E-state index is 11.4. The largest absolute Gasteiger partial charge is 0.486 e. The van der Waals surface area contributed by atoms with Gasteiger partial charge >= 0.3 is 5.97 Å². The van der Waals surface area contributed by atoms with E-state index in [0.717, 1.165) is 6.08 Å². The molecule has 0 aromatic carbocycles. The third kappa shape index (κ3) is 2.97. The van der Waals surface area contributed by atoms with Crippen LogP contribution in [0.4, 0.5) is 0 Å². The van der Waals surface area contributed by atoms with Gasteiger partial charge in [-0.1, -0.05) is 13.8 Å². The van der Waals surface area contributed by atoms with Crippen molar-refractivity contribution in [3.05, 3.63) is 11.8 Å². The van der Waals surface area contributed by atoms with Gasteiger partial charge in [0.15, 0.2) is 5.76 Å². The van der Waals surface area contributed by atoms with Crippen LogP contribution in [0.1, 0.15) is 13.8 Å². The van der Waals surface area contributed by atoms with Gasteiger partial charge in [-0.05, 0) is 5.92 Å². The first kappa shape index (κ1) is 11.6. The lowest BCUT2D eigenvalue weighted by Crippen LogP contribution is -2.47. The van der Waals surface area contributed by atoms with E-state index in [1.54, 1.807) is 0 Å². The zero-order valence-corrected chi connectivity index (χ0v) is 9.07. The van der Waals surface area contributed by atoms with Gasteiger partial charge in [-0.2, -0.15) is 0 Å². The van der Waals surface area contributed by atoms with Crippen molar-refractivity contribution >= 4 is 11.9 Å². The summed E-state index contributed by atoms with van der Waals surface area (Å²) in [4.78, 5) is 22.3. The van der Waals surface area contributed by atoms with Gasteiger partial charge in [0.25, 0.3) is 5.91 Å². The molecule has 0 unspecified atom stereocenters. The predicted molar refractivity (Wildman–Crippen MR) is 52.8 cm³/mol. The number of hydrogen-bond donors (Lipinski definition) is 1. The van der Waals surface area contributed by atoms with Gasteiger partial charge < -0.3 is 14.8 Å². The SMILES string of the molecule is COC(=O)/C=C1\OC[C@@H](C(C)C)NC1=O. The summed E-state index contributed by atoms with van der Waals surface area (Å²) in [5, 5.41) is 2.76. The number of morpholine rings is 1. The number of hydrogen-bond acceptors (Lipinski definition) is 4. The number of amides is 1. The third-order valence-corrected chi connectivity index (χ3v) is 2.21. The number of nitrogens with one attached hydrogen (secondary N) is 1. The van der Waals surface area contributed by atoms with Gasteiger partial charge in [0, 0.05) is 0 Å². The summed E-state index contributed by atoms with van der Waals surface area (Å²) in [6, 6.07) is -0.00713. The first-order valence-corrected chi connectivity index (χ1v) is 4.78. The molecular formula is C10H15NO4. The van der Waals surface area contributed by atoms with Crippen LogP contribution in [-0.2, 0) is 19.1 Å². The van der Waals surface area contributed by atoms with Crippen molar-refractivity contribution in [2.45, 2.75) is 19.9 Å². The minimum atomic E-state index is -0.594. The van der Waals surface area contributed by atoms with Crippen molar-refractivity contribution in [3.63, 3.8) is 0 Å². The van der Waals surface area contributed by atoms with Crippen LogP contribution in [0.15, 0.2) is 11.8 Å². The number of methoxy groups -OCH3 is 1. The molecule has 0 bridgehead atoms. The molecule has 0 aliphatic carbocycles. The molecule has 0 radical (unpaired) electrons. The minimum absolute atomic E-state index is 0.00713. The smallest absolute Gasteiger partial charge is 0.334 e. The Morgan fingerprint density at radius 3 is 2.80 bits per heavy atom. The number of esters is 1. The number of ether oxygens (including phenoxy) is 2. The molecule has 1 aliphatic rings. The predicted octanol–water partition coefficient (Wildman–Crippen LogP) is 0.214. The fourth-order valence-corrected chi connectivity index (χ4v) is 1.16. The maximum Gasteiger partial charge on any atom is 0.334 e. The average molecular weight is 213 g/mol. The van der Waals surface area contributed by atoms with Crippen LogP contribution in [-0.4, -0.2) is 31.6 Å². The van der Waals surface area contributed by atoms with Crippen LogP contribution in [0.3, 0.4) is 0 Å². The molecule has 0 saturated carbocycles. The minimum Gasteiger partial charge on any atom is -0.486 e. The molecule has 1 saturated heterocycles. The molecular weight excluding hydrogens is 198 g/mol. The average Bonchev–Trinajstić information content (AvgIpc) is 2.20. The Bertz CT molecular complexity index is 296. The third-order valence-electron chi connectivity index (χ3n) is 2.21. The molecule has 1 atom stereocenters. The Labute approximate surface area is 88.4 Å². The lowest BCUT2D eigenvalue weighted by Gasteiger charge is -2.28. The topological polar surface area (TPSA) is 64.6 Å². The summed E-state index contributed by atoms with van der Waals surface area (Å²) < 4.78 is 9.59. The second-order valence-electron chi connectivity index (χ2n) is 3.67. The number of carbonyl (C=O) groups excluding carboxylic acids is 2. The molecule has 1 fully saturated rings. The van der Waals surface area contributed by atoms with Crippen LogP contribution >= 0.6 is 0 Å². The normalized spacial score (nSPS) is 23.6. The fraction of sp³-hybridized carbons (Fsp3) is 0.600. The molecule has 0 aromatic rings. The van der Waals surface area contributed by atoms with Gasteiger partial charge in [-0.25, -0.2) is 4.79 Å². The van der Waals surface area contributed by atoms with E-state index in [-0.39, 0.29) is 17.7 Å². The first-order chi connectivity index (χ1) is 7.04. The van der Waals surface area contributed by atoms with Gasteiger partial charge in [0.2, 0.25) is 0 Å². The Hall–Kier alpha value is -1.52. The number of rotatable bonds is 2. The molecule has 5 nitrogen and oxygen atoms in total. The van der Waals surface area contributed by atoms with Crippen molar-refractivity contribution < 1.29 is 19.1 Å². The zero-order valence-electron chi connectivity index (χ0n) is 9.07. The standard InChI is InChI=1S/C10H15NO4/c1-6(2)7-5-15-8(10(13)11-7)4-9(12)14-3/h4,6-7H,5H2,1-3H3,(H,11,13)/b8-4-/t7-/m0/s1. The summed E-state index contributed by atoms with van der Waals surface area (Å²) in [5.41, 5.74) is 0. The Morgan fingerprint density at radius 1 is 1.67 bits per heavy atom. The summed E-state index contributed by atoms with van der Waals surface area (Å²) in [7, 11) is 1.25. The molecule has 1 amide bonds. The summed E-state index contributed by atoms with van der Waals surface area (Å²) >= 11 is 0. The lowest BCUT2D eigenvalue weighted by molar-refractivity contribution is -0.136. The maximum absolute atomic E-state index is 11.4. The van der Waals surface area contributed by atoms with Gasteiger partial charge in [0.05, 0.1) is 19.2 Å². The Balaban J connectivity index is 2.64. The molecule has 1 heterocycles. The molecule has 15 heavy (non-hydrogen) atoms. The second kappa shape index (κ2) is 4.82. The lowest BCUT2D eigenvalue weighted by atomic mass is 10.0. The molecule has 1 rings (SSSR count). The Kier molecular flexibility index (Phi) is 3.71. The summed E-state index contributed by atoms with van der Waals surface area (Å²) in [5.74, 6) is -0.652. The molecule has 1 aliphatic heterocycles. The highest BCUT2D eigenvalue weighted by atomic mass is 16.5. The van der Waals surface area contributed by atoms with Crippen LogP contribution in [0.5, 0.6) is 0 Å². The molecule has 0 aromatic heterocycles. The van der Waals surface area contributed by atoms with E-state index in [1.165, 1.54) is 7.11 Å². The quantitative estimate of drug-likeness (QED) is 0.526. The van der Waals surface area contributed by atoms with E-state index in [9.17, 15) is 9.59 Å². The van der Waals surface area contributed by atoms with Crippen molar-refractivity contribution in [3.8, 4) is 0 Å². The highest BCUT2D eigenvalue weighted by molar-refractivity contribution is 5.98. The molecule has 84 valence electrons. The van der Waals surface area contributed by atoms with Crippen LogP contribution in [0.25, 0.3) is 0 Å². The van der Waals surface area contributed by atoms with Crippen molar-refractivity contribution in [2.75, 3.05) is 13.7 Å². The van der Waals surface area contributed by atoms with Crippen molar-refractivity contribution in [2.24, 2.45) is 5.92 Å². The van der Waals surface area contributed by atoms with E-state index in [2.05, 4.69) is 10.1 Å². The highest BCUT2D eigenvalue weighted by Gasteiger charge is 2.26. The van der Waals surface area contributed by atoms with E-state index < -0.39 is 5.97 Å².